The molecule has 156 valence electrons. The summed E-state index contributed by atoms with van der Waals surface area (Å²) >= 11 is 0. The van der Waals surface area contributed by atoms with E-state index in [1.54, 1.807) is 18.2 Å². The first-order valence-corrected chi connectivity index (χ1v) is 10.3. The van der Waals surface area contributed by atoms with Crippen molar-refractivity contribution < 1.29 is 14.3 Å². The quantitative estimate of drug-likeness (QED) is 0.507. The third-order valence-corrected chi connectivity index (χ3v) is 5.89. The van der Waals surface area contributed by atoms with Crippen LogP contribution in [-0.2, 0) is 0 Å². The monoisotopic (exact) mass is 414 g/mol. The fraction of sp³-hybridized carbons (Fsp3) is 0.200. The number of hydrogen-bond acceptors (Lipinski definition) is 5. The molecule has 0 unspecified atom stereocenters. The van der Waals surface area contributed by atoms with Crippen molar-refractivity contribution in [3.63, 3.8) is 0 Å². The van der Waals surface area contributed by atoms with Crippen molar-refractivity contribution in [2.75, 3.05) is 33.2 Å². The lowest BCUT2D eigenvalue weighted by Crippen LogP contribution is -2.47. The number of rotatable bonds is 2. The molecule has 0 radical (unpaired) electrons. The molecular weight excluding hydrogens is 392 g/mol. The molecule has 2 aromatic carbocycles. The average molecular weight is 414 g/mol. The number of likely N-dealkylation sites (N-methyl/N-ethyl adjacent to an activating group) is 1. The van der Waals surface area contributed by atoms with Gasteiger partial charge in [0.1, 0.15) is 17.1 Å². The van der Waals surface area contributed by atoms with Crippen molar-refractivity contribution >= 4 is 16.9 Å². The van der Waals surface area contributed by atoms with Crippen LogP contribution in [0.2, 0.25) is 0 Å². The first-order chi connectivity index (χ1) is 15.0. The highest BCUT2D eigenvalue weighted by Crippen LogP contribution is 2.42. The second-order valence-corrected chi connectivity index (χ2v) is 7.96. The fourth-order valence-electron chi connectivity index (χ4n) is 4.22. The summed E-state index contributed by atoms with van der Waals surface area (Å²) in [4.78, 5) is 29.5. The molecule has 6 nitrogen and oxygen atoms in total. The molecule has 6 heteroatoms. The predicted octanol–water partition coefficient (Wildman–Crippen LogP) is 3.66. The van der Waals surface area contributed by atoms with Crippen molar-refractivity contribution in [3.05, 3.63) is 76.5 Å². The summed E-state index contributed by atoms with van der Waals surface area (Å²) in [6.07, 6.45) is 0. The molecule has 3 aliphatic rings. The smallest absolute Gasteiger partial charge is 0.254 e. The molecule has 1 aliphatic carbocycles. The Morgan fingerprint density at radius 2 is 1.71 bits per heavy atom. The molecule has 0 spiro atoms. The van der Waals surface area contributed by atoms with Crippen molar-refractivity contribution in [1.29, 1.82) is 0 Å². The molecule has 0 saturated carbocycles. The van der Waals surface area contributed by atoms with Crippen LogP contribution in [0.15, 0.2) is 69.9 Å². The number of amides is 1. The lowest BCUT2D eigenvalue weighted by atomic mass is 9.90. The lowest BCUT2D eigenvalue weighted by molar-refractivity contribution is 0.0665. The standard InChI is InChI=1S/C25H22N2O4/c1-26-10-12-27(13-11-26)25(30)19-5-3-2-4-18(19)24-20-8-6-16(28)14-22(20)31-23-15-17(29)7-9-21(23)24/h2-9,14-15,28H,10-13H2,1H3. The number of fused-ring (bicyclic) bond motifs is 2. The maximum Gasteiger partial charge on any atom is 0.254 e. The van der Waals surface area contributed by atoms with Gasteiger partial charge in [-0.05, 0) is 42.9 Å². The molecule has 0 aromatic heterocycles. The van der Waals surface area contributed by atoms with Crippen LogP contribution in [0.5, 0.6) is 5.75 Å². The van der Waals surface area contributed by atoms with Gasteiger partial charge >= 0.3 is 0 Å². The SMILES string of the molecule is CN1CCN(C(=O)c2ccccc2-c2c3ccc(=O)cc-3oc3cc(O)ccc23)CC1. The number of benzene rings is 3. The molecule has 1 N–H and O–H groups in total. The van der Waals surface area contributed by atoms with E-state index in [-0.39, 0.29) is 17.1 Å². The van der Waals surface area contributed by atoms with Crippen LogP contribution in [0, 0.1) is 0 Å². The zero-order chi connectivity index (χ0) is 21.5. The summed E-state index contributed by atoms with van der Waals surface area (Å²) in [6.45, 7) is 3.05. The van der Waals surface area contributed by atoms with Crippen LogP contribution in [0.3, 0.4) is 0 Å². The largest absolute Gasteiger partial charge is 0.508 e. The van der Waals surface area contributed by atoms with Crippen LogP contribution >= 0.6 is 0 Å². The Morgan fingerprint density at radius 3 is 2.52 bits per heavy atom. The fourth-order valence-corrected chi connectivity index (χ4v) is 4.22. The minimum absolute atomic E-state index is 0.00925. The first-order valence-electron chi connectivity index (χ1n) is 10.3. The van der Waals surface area contributed by atoms with E-state index in [2.05, 4.69) is 11.9 Å². The van der Waals surface area contributed by atoms with Gasteiger partial charge in [0.25, 0.3) is 5.91 Å². The summed E-state index contributed by atoms with van der Waals surface area (Å²) in [5, 5.41) is 10.7. The summed E-state index contributed by atoms with van der Waals surface area (Å²) in [6, 6.07) is 17.1. The van der Waals surface area contributed by atoms with Gasteiger partial charge in [-0.1, -0.05) is 18.2 Å². The van der Waals surface area contributed by atoms with Crippen LogP contribution < -0.4 is 5.43 Å². The minimum Gasteiger partial charge on any atom is -0.508 e. The van der Waals surface area contributed by atoms with E-state index < -0.39 is 0 Å². The molecular formula is C25H22N2O4. The number of aromatic hydroxyl groups is 1. The van der Waals surface area contributed by atoms with E-state index in [1.807, 2.05) is 29.2 Å². The van der Waals surface area contributed by atoms with Crippen molar-refractivity contribution in [2.24, 2.45) is 0 Å². The van der Waals surface area contributed by atoms with Crippen LogP contribution in [0.4, 0.5) is 0 Å². The van der Waals surface area contributed by atoms with E-state index >= 15 is 0 Å². The highest BCUT2D eigenvalue weighted by Gasteiger charge is 2.25. The first kappa shape index (κ1) is 19.3. The number of phenols is 1. The Balaban J connectivity index is 1.75. The predicted molar refractivity (Wildman–Crippen MR) is 120 cm³/mol. The summed E-state index contributed by atoms with van der Waals surface area (Å²) < 4.78 is 5.94. The van der Waals surface area contributed by atoms with Gasteiger partial charge in [0.15, 0.2) is 5.43 Å². The number of piperazine rings is 1. The van der Waals surface area contributed by atoms with Crippen molar-refractivity contribution in [2.45, 2.75) is 0 Å². The Morgan fingerprint density at radius 1 is 0.935 bits per heavy atom. The number of carbonyl (C=O) groups excluding carboxylic acids is 1. The number of phenolic OH excluding ortho intramolecular Hbond substituents is 1. The van der Waals surface area contributed by atoms with Crippen LogP contribution in [0.25, 0.3) is 33.4 Å². The molecule has 0 bridgehead atoms. The van der Waals surface area contributed by atoms with E-state index in [9.17, 15) is 14.7 Å². The van der Waals surface area contributed by atoms with Crippen LogP contribution in [-0.4, -0.2) is 54.0 Å². The maximum atomic E-state index is 13.5. The molecule has 2 aliphatic heterocycles. The van der Waals surface area contributed by atoms with Crippen LogP contribution in [0.1, 0.15) is 10.4 Å². The molecule has 2 heterocycles. The lowest BCUT2D eigenvalue weighted by Gasteiger charge is -2.33. The number of nitrogens with zero attached hydrogens (tertiary/aromatic N) is 2. The average Bonchev–Trinajstić information content (AvgIpc) is 2.77. The van der Waals surface area contributed by atoms with Gasteiger partial charge in [-0.15, -0.1) is 0 Å². The zero-order valence-electron chi connectivity index (χ0n) is 17.2. The Bertz CT molecular complexity index is 1320. The molecule has 5 rings (SSSR count). The van der Waals surface area contributed by atoms with E-state index in [1.165, 1.54) is 18.2 Å². The normalized spacial score (nSPS) is 14.9. The molecule has 2 aromatic rings. The highest BCUT2D eigenvalue weighted by atomic mass is 16.3. The number of carbonyl (C=O) groups is 1. The second kappa shape index (κ2) is 7.56. The Labute approximate surface area is 179 Å². The molecule has 1 amide bonds. The van der Waals surface area contributed by atoms with Crippen molar-refractivity contribution in [1.82, 2.24) is 9.80 Å². The topological polar surface area (TPSA) is 74.0 Å². The summed E-state index contributed by atoms with van der Waals surface area (Å²) in [5.41, 5.74) is 3.24. The van der Waals surface area contributed by atoms with Crippen molar-refractivity contribution in [3.8, 4) is 28.2 Å². The molecule has 1 saturated heterocycles. The van der Waals surface area contributed by atoms with E-state index in [4.69, 9.17) is 4.42 Å². The molecule has 31 heavy (non-hydrogen) atoms. The van der Waals surface area contributed by atoms with Gasteiger partial charge in [-0.25, -0.2) is 0 Å². The Kier molecular flexibility index (Phi) is 4.71. The van der Waals surface area contributed by atoms with E-state index in [0.717, 1.165) is 35.2 Å². The van der Waals surface area contributed by atoms with Gasteiger partial charge in [0.2, 0.25) is 0 Å². The molecule has 1 fully saturated rings. The zero-order valence-corrected chi connectivity index (χ0v) is 17.2. The van der Waals surface area contributed by atoms with Gasteiger partial charge in [0, 0.05) is 60.4 Å². The number of hydrogen-bond donors (Lipinski definition) is 1. The maximum absolute atomic E-state index is 13.5. The highest BCUT2D eigenvalue weighted by molar-refractivity contribution is 6.09. The second-order valence-electron chi connectivity index (χ2n) is 7.96. The van der Waals surface area contributed by atoms with Gasteiger partial charge in [0.05, 0.1) is 0 Å². The van der Waals surface area contributed by atoms with Gasteiger partial charge < -0.3 is 19.3 Å². The van der Waals surface area contributed by atoms with Gasteiger partial charge in [-0.3, -0.25) is 9.59 Å². The third kappa shape index (κ3) is 3.45. The summed E-state index contributed by atoms with van der Waals surface area (Å²) in [5.74, 6) is 0.481. The Hall–Kier alpha value is -3.64. The summed E-state index contributed by atoms with van der Waals surface area (Å²) in [7, 11) is 2.06. The third-order valence-electron chi connectivity index (χ3n) is 5.89. The minimum atomic E-state index is -0.163. The van der Waals surface area contributed by atoms with E-state index in [0.29, 0.717) is 30.0 Å². The van der Waals surface area contributed by atoms with Gasteiger partial charge in [-0.2, -0.15) is 0 Å². The molecule has 0 atom stereocenters.